The van der Waals surface area contributed by atoms with Gasteiger partial charge in [0.1, 0.15) is 16.2 Å². The molecule has 0 radical (unpaired) electrons. The molecular weight excluding hydrogens is 422 g/mol. The average molecular weight is 448 g/mol. The molecule has 0 atom stereocenters. The summed E-state index contributed by atoms with van der Waals surface area (Å²) in [6, 6.07) is 3.94. The zero-order chi connectivity index (χ0) is 22.0. The molecule has 0 aliphatic heterocycles. The molecule has 3 aromatic rings. The van der Waals surface area contributed by atoms with Crippen LogP contribution in [0.4, 0.5) is 0 Å². The van der Waals surface area contributed by atoms with Crippen LogP contribution in [0.3, 0.4) is 0 Å². The van der Waals surface area contributed by atoms with Crippen LogP contribution in [0.1, 0.15) is 24.5 Å². The summed E-state index contributed by atoms with van der Waals surface area (Å²) in [6.45, 7) is 6.68. The summed E-state index contributed by atoms with van der Waals surface area (Å²) >= 11 is 2.80. The molecule has 1 amide bonds. The number of thiophene rings is 1. The molecule has 160 valence electrons. The molecule has 0 unspecified atom stereocenters. The molecule has 0 saturated heterocycles. The molecule has 3 rings (SSSR count). The average Bonchev–Trinajstić information content (AvgIpc) is 3.19. The number of fused-ring (bicyclic) bond motifs is 1. The van der Waals surface area contributed by atoms with Crippen molar-refractivity contribution in [3.05, 3.63) is 49.1 Å². The quantitative estimate of drug-likeness (QED) is 0.408. The molecule has 0 aliphatic carbocycles. The van der Waals surface area contributed by atoms with Gasteiger partial charge in [-0.1, -0.05) is 31.7 Å². The molecule has 3 aromatic heterocycles. The fourth-order valence-corrected chi connectivity index (χ4v) is 4.80. The monoisotopic (exact) mass is 447 g/mol. The van der Waals surface area contributed by atoms with Crippen LogP contribution in [0, 0.1) is 12.8 Å². The number of amides is 1. The molecular formula is C20H25N5O3S2. The van der Waals surface area contributed by atoms with Gasteiger partial charge in [-0.3, -0.25) is 18.7 Å². The lowest BCUT2D eigenvalue weighted by Gasteiger charge is -2.17. The molecule has 0 fully saturated rings. The Labute approximate surface area is 182 Å². The van der Waals surface area contributed by atoms with Crippen LogP contribution < -0.4 is 11.2 Å². The van der Waals surface area contributed by atoms with Gasteiger partial charge in [-0.25, -0.2) is 14.8 Å². The summed E-state index contributed by atoms with van der Waals surface area (Å²) in [7, 11) is 3.21. The Hall–Kier alpha value is -2.46. The van der Waals surface area contributed by atoms with E-state index in [9.17, 15) is 14.4 Å². The Bertz CT molecular complexity index is 1180. The molecule has 10 heteroatoms. The van der Waals surface area contributed by atoms with E-state index in [1.165, 1.54) is 23.4 Å². The Morgan fingerprint density at radius 1 is 1.30 bits per heavy atom. The van der Waals surface area contributed by atoms with E-state index in [2.05, 4.69) is 9.97 Å². The Balaban J connectivity index is 1.96. The number of hydrogen-bond acceptors (Lipinski definition) is 7. The van der Waals surface area contributed by atoms with Crippen LogP contribution >= 0.6 is 23.1 Å². The fourth-order valence-electron chi connectivity index (χ4n) is 3.04. The molecule has 0 saturated carbocycles. The standard InChI is InChI=1S/C20H25N5O3S2/c1-12(2)9-25-17-16(19(27)24(5)20(25)28)18(22-13(3)21-17)30-11-15(26)23(4)10-14-7-6-8-29-14/h6-8,12H,9-11H2,1-5H3. The molecule has 0 aromatic carbocycles. The second-order valence-electron chi connectivity index (χ2n) is 7.54. The first-order valence-electron chi connectivity index (χ1n) is 9.56. The van der Waals surface area contributed by atoms with Crippen molar-refractivity contribution in [2.75, 3.05) is 12.8 Å². The van der Waals surface area contributed by atoms with Gasteiger partial charge in [0.25, 0.3) is 5.56 Å². The third-order valence-electron chi connectivity index (χ3n) is 4.54. The zero-order valence-corrected chi connectivity index (χ0v) is 19.3. The van der Waals surface area contributed by atoms with Crippen LogP contribution in [0.2, 0.25) is 0 Å². The molecule has 0 N–H and O–H groups in total. The van der Waals surface area contributed by atoms with E-state index in [4.69, 9.17) is 0 Å². The highest BCUT2D eigenvalue weighted by Crippen LogP contribution is 2.23. The van der Waals surface area contributed by atoms with Gasteiger partial charge in [0.15, 0.2) is 5.65 Å². The van der Waals surface area contributed by atoms with Gasteiger partial charge >= 0.3 is 5.69 Å². The van der Waals surface area contributed by atoms with Crippen molar-refractivity contribution in [1.29, 1.82) is 0 Å². The predicted molar refractivity (Wildman–Crippen MR) is 120 cm³/mol. The minimum absolute atomic E-state index is 0.0647. The number of nitrogens with zero attached hydrogens (tertiary/aromatic N) is 5. The van der Waals surface area contributed by atoms with Gasteiger partial charge in [0, 0.05) is 25.5 Å². The topological polar surface area (TPSA) is 90.1 Å². The fraction of sp³-hybridized carbons (Fsp3) is 0.450. The summed E-state index contributed by atoms with van der Waals surface area (Å²) in [5.74, 6) is 0.724. The van der Waals surface area contributed by atoms with Crippen molar-refractivity contribution in [2.24, 2.45) is 13.0 Å². The van der Waals surface area contributed by atoms with Crippen LogP contribution in [-0.2, 0) is 24.9 Å². The van der Waals surface area contributed by atoms with Crippen LogP contribution in [-0.4, -0.2) is 42.7 Å². The number of carbonyl (C=O) groups excluding carboxylic acids is 1. The van der Waals surface area contributed by atoms with E-state index >= 15 is 0 Å². The highest BCUT2D eigenvalue weighted by Gasteiger charge is 2.20. The smallest absolute Gasteiger partial charge is 0.332 e. The van der Waals surface area contributed by atoms with E-state index in [1.807, 2.05) is 31.4 Å². The van der Waals surface area contributed by atoms with E-state index < -0.39 is 11.2 Å². The first-order chi connectivity index (χ1) is 14.2. The third-order valence-corrected chi connectivity index (χ3v) is 6.36. The summed E-state index contributed by atoms with van der Waals surface area (Å²) in [5.41, 5.74) is -0.523. The summed E-state index contributed by atoms with van der Waals surface area (Å²) in [4.78, 5) is 49.7. The molecule has 0 spiro atoms. The number of carbonyl (C=O) groups is 1. The number of aryl methyl sites for hydroxylation is 1. The van der Waals surface area contributed by atoms with Gasteiger partial charge in [-0.2, -0.15) is 0 Å². The highest BCUT2D eigenvalue weighted by molar-refractivity contribution is 8.00. The zero-order valence-electron chi connectivity index (χ0n) is 17.7. The van der Waals surface area contributed by atoms with Crippen molar-refractivity contribution in [3.8, 4) is 0 Å². The second-order valence-corrected chi connectivity index (χ2v) is 9.54. The normalized spacial score (nSPS) is 11.4. The number of rotatable bonds is 7. The summed E-state index contributed by atoms with van der Waals surface area (Å²) in [5, 5.41) is 2.68. The molecule has 0 bridgehead atoms. The Kier molecular flexibility index (Phi) is 6.77. The Morgan fingerprint density at radius 2 is 2.03 bits per heavy atom. The molecule has 30 heavy (non-hydrogen) atoms. The molecule has 0 aliphatic rings. The third kappa shape index (κ3) is 4.65. The lowest BCUT2D eigenvalue weighted by atomic mass is 10.2. The maximum atomic E-state index is 12.9. The minimum Gasteiger partial charge on any atom is -0.340 e. The maximum absolute atomic E-state index is 12.9. The van der Waals surface area contributed by atoms with Gasteiger partial charge in [0.05, 0.1) is 12.3 Å². The predicted octanol–water partition coefficient (Wildman–Crippen LogP) is 2.27. The highest BCUT2D eigenvalue weighted by atomic mass is 32.2. The minimum atomic E-state index is -0.447. The van der Waals surface area contributed by atoms with Crippen molar-refractivity contribution < 1.29 is 4.79 Å². The van der Waals surface area contributed by atoms with E-state index in [0.29, 0.717) is 29.6 Å². The van der Waals surface area contributed by atoms with Crippen LogP contribution in [0.25, 0.3) is 11.0 Å². The van der Waals surface area contributed by atoms with Crippen molar-refractivity contribution in [1.82, 2.24) is 24.0 Å². The maximum Gasteiger partial charge on any atom is 0.332 e. The van der Waals surface area contributed by atoms with Gasteiger partial charge in [-0.05, 0) is 24.3 Å². The van der Waals surface area contributed by atoms with Gasteiger partial charge < -0.3 is 4.90 Å². The molecule has 3 heterocycles. The van der Waals surface area contributed by atoms with E-state index in [-0.39, 0.29) is 23.0 Å². The van der Waals surface area contributed by atoms with Gasteiger partial charge in [-0.15, -0.1) is 11.3 Å². The number of hydrogen-bond donors (Lipinski definition) is 0. The van der Waals surface area contributed by atoms with Crippen LogP contribution in [0.5, 0.6) is 0 Å². The van der Waals surface area contributed by atoms with Crippen molar-refractivity contribution in [2.45, 2.75) is 38.9 Å². The van der Waals surface area contributed by atoms with Gasteiger partial charge in [0.2, 0.25) is 5.91 Å². The second kappa shape index (κ2) is 9.13. The lowest BCUT2D eigenvalue weighted by molar-refractivity contribution is -0.127. The first kappa shape index (κ1) is 22.2. The number of thioether (sulfide) groups is 1. The first-order valence-corrected chi connectivity index (χ1v) is 11.4. The van der Waals surface area contributed by atoms with E-state index in [1.54, 1.807) is 30.2 Å². The SMILES string of the molecule is Cc1nc(SCC(=O)N(C)Cc2cccs2)c2c(=O)n(C)c(=O)n(CC(C)C)c2n1. The van der Waals surface area contributed by atoms with Crippen molar-refractivity contribution >= 4 is 40.0 Å². The van der Waals surface area contributed by atoms with Crippen LogP contribution in [0.15, 0.2) is 32.1 Å². The molecule has 8 nitrogen and oxygen atoms in total. The number of aromatic nitrogens is 4. The van der Waals surface area contributed by atoms with E-state index in [0.717, 1.165) is 9.44 Å². The van der Waals surface area contributed by atoms with Crippen molar-refractivity contribution in [3.63, 3.8) is 0 Å². The summed E-state index contributed by atoms with van der Waals surface area (Å²) in [6.07, 6.45) is 0. The summed E-state index contributed by atoms with van der Waals surface area (Å²) < 4.78 is 2.60. The Morgan fingerprint density at radius 3 is 2.67 bits per heavy atom. The largest absolute Gasteiger partial charge is 0.340 e. The lowest BCUT2D eigenvalue weighted by Crippen LogP contribution is -2.39.